The molecule has 0 aliphatic rings. The van der Waals surface area contributed by atoms with Crippen molar-refractivity contribution in [2.24, 2.45) is 0 Å². The molecule has 0 unspecified atom stereocenters. The number of carbonyl (C=O) groups excluding carboxylic acids is 1. The van der Waals surface area contributed by atoms with Crippen LogP contribution >= 0.6 is 0 Å². The number of carbonyl (C=O) groups is 1. The van der Waals surface area contributed by atoms with Gasteiger partial charge in [0.05, 0.1) is 17.1 Å². The predicted octanol–water partition coefficient (Wildman–Crippen LogP) is 4.01. The summed E-state index contributed by atoms with van der Waals surface area (Å²) in [5.74, 6) is 0. The summed E-state index contributed by atoms with van der Waals surface area (Å²) in [6.07, 6.45) is -4.37. The van der Waals surface area contributed by atoms with Gasteiger partial charge < -0.3 is 10.6 Å². The van der Waals surface area contributed by atoms with Gasteiger partial charge in [-0.05, 0) is 32.4 Å². The Bertz CT molecular complexity index is 722. The van der Waals surface area contributed by atoms with Gasteiger partial charge >= 0.3 is 12.2 Å². The molecule has 0 bridgehead atoms. The highest BCUT2D eigenvalue weighted by Crippen LogP contribution is 2.24. The normalized spacial score (nSPS) is 11.4. The van der Waals surface area contributed by atoms with Gasteiger partial charge in [0.25, 0.3) is 0 Å². The molecule has 0 saturated carbocycles. The second-order valence-corrected chi connectivity index (χ2v) is 5.21. The fourth-order valence-electron chi connectivity index (χ4n) is 2.18. The van der Waals surface area contributed by atoms with Gasteiger partial charge in [-0.3, -0.25) is 4.68 Å². The van der Waals surface area contributed by atoms with Crippen molar-refractivity contribution in [2.45, 2.75) is 33.5 Å². The number of alkyl halides is 3. The van der Waals surface area contributed by atoms with E-state index in [1.165, 1.54) is 6.92 Å². The Labute approximate surface area is 131 Å². The summed E-state index contributed by atoms with van der Waals surface area (Å²) < 4.78 is 38.3. The Morgan fingerprint density at radius 3 is 2.43 bits per heavy atom. The molecule has 0 aliphatic carbocycles. The number of amides is 2. The summed E-state index contributed by atoms with van der Waals surface area (Å²) in [5, 5.41) is 9.05. The molecule has 1 aromatic carbocycles. The second kappa shape index (κ2) is 6.31. The highest BCUT2D eigenvalue weighted by Gasteiger charge is 2.30. The van der Waals surface area contributed by atoms with Crippen molar-refractivity contribution < 1.29 is 18.0 Å². The van der Waals surface area contributed by atoms with Crippen molar-refractivity contribution in [3.8, 4) is 0 Å². The monoisotopic (exact) mass is 326 g/mol. The highest BCUT2D eigenvalue weighted by atomic mass is 19.4. The first-order valence-electron chi connectivity index (χ1n) is 6.92. The van der Waals surface area contributed by atoms with Gasteiger partial charge in [-0.2, -0.15) is 18.3 Å². The van der Waals surface area contributed by atoms with Crippen molar-refractivity contribution >= 4 is 17.4 Å². The zero-order valence-electron chi connectivity index (χ0n) is 13.0. The molecule has 0 radical (unpaired) electrons. The van der Waals surface area contributed by atoms with E-state index in [1.54, 1.807) is 19.1 Å². The van der Waals surface area contributed by atoms with Gasteiger partial charge in [0.2, 0.25) is 0 Å². The van der Waals surface area contributed by atoms with E-state index in [1.807, 2.05) is 19.1 Å². The van der Waals surface area contributed by atoms with E-state index in [4.69, 9.17) is 0 Å². The number of para-hydroxylation sites is 1. The lowest BCUT2D eigenvalue weighted by Crippen LogP contribution is -2.21. The van der Waals surface area contributed by atoms with Gasteiger partial charge in [0.1, 0.15) is 6.54 Å². The average molecular weight is 326 g/mol. The van der Waals surface area contributed by atoms with Gasteiger partial charge in [0.15, 0.2) is 0 Å². The number of aryl methyl sites for hydroxylation is 2. The number of hydrogen-bond acceptors (Lipinski definition) is 2. The first-order chi connectivity index (χ1) is 10.7. The third-order valence-electron chi connectivity index (χ3n) is 3.34. The third-order valence-corrected chi connectivity index (χ3v) is 3.34. The van der Waals surface area contributed by atoms with E-state index >= 15 is 0 Å². The first kappa shape index (κ1) is 16.9. The van der Waals surface area contributed by atoms with Crippen LogP contribution in [0.3, 0.4) is 0 Å². The summed E-state index contributed by atoms with van der Waals surface area (Å²) in [4.78, 5) is 12.1. The van der Waals surface area contributed by atoms with Crippen molar-refractivity contribution in [1.29, 1.82) is 0 Å². The molecule has 5 nitrogen and oxygen atoms in total. The molecule has 0 atom stereocenters. The zero-order chi connectivity index (χ0) is 17.2. The lowest BCUT2D eigenvalue weighted by Gasteiger charge is -2.11. The van der Waals surface area contributed by atoms with Gasteiger partial charge in [-0.15, -0.1) is 0 Å². The van der Waals surface area contributed by atoms with Crippen molar-refractivity contribution in [1.82, 2.24) is 9.78 Å². The minimum absolute atomic E-state index is 0.250. The standard InChI is InChI=1S/C15H17F3N4O/c1-9-6-4-5-7-12(9)19-14(23)20-13-10(2)21-22(11(13)3)8-15(16,17)18/h4-7H,8H2,1-3H3,(H2,19,20,23). The van der Waals surface area contributed by atoms with Crippen LogP contribution in [-0.4, -0.2) is 22.0 Å². The molecule has 8 heteroatoms. The summed E-state index contributed by atoms with van der Waals surface area (Å²) in [6.45, 7) is 3.67. The van der Waals surface area contributed by atoms with Gasteiger partial charge in [-0.25, -0.2) is 4.79 Å². The predicted molar refractivity (Wildman–Crippen MR) is 81.6 cm³/mol. The molecule has 2 N–H and O–H groups in total. The van der Waals surface area contributed by atoms with Crippen LogP contribution in [0.2, 0.25) is 0 Å². The highest BCUT2D eigenvalue weighted by molar-refractivity contribution is 6.00. The molecule has 124 valence electrons. The second-order valence-electron chi connectivity index (χ2n) is 5.21. The molecule has 23 heavy (non-hydrogen) atoms. The topological polar surface area (TPSA) is 59.0 Å². The van der Waals surface area contributed by atoms with Crippen molar-refractivity contribution in [3.63, 3.8) is 0 Å². The van der Waals surface area contributed by atoms with Crippen LogP contribution in [0.4, 0.5) is 29.3 Å². The summed E-state index contributed by atoms with van der Waals surface area (Å²) in [5.41, 5.74) is 2.36. The molecule has 0 fully saturated rings. The fourth-order valence-corrected chi connectivity index (χ4v) is 2.18. The van der Waals surface area contributed by atoms with Crippen LogP contribution in [0.25, 0.3) is 0 Å². The minimum Gasteiger partial charge on any atom is -0.307 e. The van der Waals surface area contributed by atoms with Gasteiger partial charge in [-0.1, -0.05) is 18.2 Å². The first-order valence-corrected chi connectivity index (χ1v) is 6.92. The Morgan fingerprint density at radius 2 is 1.83 bits per heavy atom. The van der Waals surface area contributed by atoms with Crippen LogP contribution in [0.1, 0.15) is 17.0 Å². The van der Waals surface area contributed by atoms with Crippen LogP contribution in [0.15, 0.2) is 24.3 Å². The third kappa shape index (κ3) is 4.24. The van der Waals surface area contributed by atoms with E-state index in [-0.39, 0.29) is 11.4 Å². The summed E-state index contributed by atoms with van der Waals surface area (Å²) in [6, 6.07) is 6.67. The molecular weight excluding hydrogens is 309 g/mol. The van der Waals surface area contributed by atoms with E-state index < -0.39 is 18.8 Å². The van der Waals surface area contributed by atoms with Crippen LogP contribution in [0.5, 0.6) is 0 Å². The van der Waals surface area contributed by atoms with E-state index in [2.05, 4.69) is 15.7 Å². The summed E-state index contributed by atoms with van der Waals surface area (Å²) in [7, 11) is 0. The SMILES string of the molecule is Cc1ccccc1NC(=O)Nc1c(C)nn(CC(F)(F)F)c1C. The molecule has 1 heterocycles. The van der Waals surface area contributed by atoms with Gasteiger partial charge in [0, 0.05) is 5.69 Å². The molecule has 0 spiro atoms. The van der Waals surface area contributed by atoms with Crippen LogP contribution < -0.4 is 10.6 Å². The quantitative estimate of drug-likeness (QED) is 0.895. The number of aromatic nitrogens is 2. The maximum atomic E-state index is 12.5. The molecule has 1 aromatic heterocycles. The Hall–Kier alpha value is -2.51. The number of nitrogens with one attached hydrogen (secondary N) is 2. The molecule has 2 aromatic rings. The maximum Gasteiger partial charge on any atom is 0.408 e. The maximum absolute atomic E-state index is 12.5. The van der Waals surface area contributed by atoms with Crippen molar-refractivity contribution in [2.75, 3.05) is 10.6 Å². The average Bonchev–Trinajstić information content (AvgIpc) is 2.67. The zero-order valence-corrected chi connectivity index (χ0v) is 13.0. The van der Waals surface area contributed by atoms with Crippen LogP contribution in [0, 0.1) is 20.8 Å². The Morgan fingerprint density at radius 1 is 1.17 bits per heavy atom. The number of rotatable bonds is 3. The summed E-state index contributed by atoms with van der Waals surface area (Å²) >= 11 is 0. The fraction of sp³-hybridized carbons (Fsp3) is 0.333. The molecule has 2 rings (SSSR count). The van der Waals surface area contributed by atoms with Crippen molar-refractivity contribution in [3.05, 3.63) is 41.2 Å². The number of benzene rings is 1. The molecule has 2 amide bonds. The minimum atomic E-state index is -4.37. The Kier molecular flexibility index (Phi) is 4.63. The van der Waals surface area contributed by atoms with E-state index in [0.29, 0.717) is 11.4 Å². The Balaban J connectivity index is 2.14. The van der Waals surface area contributed by atoms with E-state index in [0.717, 1.165) is 10.2 Å². The lowest BCUT2D eigenvalue weighted by molar-refractivity contribution is -0.142. The molecule has 0 saturated heterocycles. The van der Waals surface area contributed by atoms with E-state index in [9.17, 15) is 18.0 Å². The van der Waals surface area contributed by atoms with Crippen LogP contribution in [-0.2, 0) is 6.54 Å². The smallest absolute Gasteiger partial charge is 0.307 e. The largest absolute Gasteiger partial charge is 0.408 e. The number of hydrogen-bond donors (Lipinski definition) is 2. The lowest BCUT2D eigenvalue weighted by atomic mass is 10.2. The molecular formula is C15H17F3N4O. The molecule has 0 aliphatic heterocycles. The number of anilines is 2. The number of halogens is 3. The number of urea groups is 1. The number of nitrogens with zero attached hydrogens (tertiary/aromatic N) is 2.